The first-order chi connectivity index (χ1) is 10.7. The van der Waals surface area contributed by atoms with E-state index < -0.39 is 0 Å². The van der Waals surface area contributed by atoms with Crippen molar-refractivity contribution < 1.29 is 10.2 Å². The van der Waals surface area contributed by atoms with Gasteiger partial charge in [0.05, 0.1) is 12.4 Å². The topological polar surface area (TPSA) is 89.2 Å². The van der Waals surface area contributed by atoms with Crippen LogP contribution in [0.5, 0.6) is 11.5 Å². The fraction of sp³-hybridized carbons (Fsp3) is 0. The van der Waals surface area contributed by atoms with Gasteiger partial charge in [-0.05, 0) is 36.5 Å². The highest BCUT2D eigenvalue weighted by Crippen LogP contribution is 2.13. The number of phenols is 2. The summed E-state index contributed by atoms with van der Waals surface area (Å²) < 4.78 is 0. The minimum Gasteiger partial charge on any atom is -0.507 e. The number of phenolic OH excluding ortho intramolecular Hbond substituents is 2. The van der Waals surface area contributed by atoms with Gasteiger partial charge in [0.25, 0.3) is 0 Å². The monoisotopic (exact) mass is 314 g/mol. The molecule has 0 bridgehead atoms. The van der Waals surface area contributed by atoms with Gasteiger partial charge in [-0.25, -0.2) is 0 Å². The molecule has 0 fully saturated rings. The summed E-state index contributed by atoms with van der Waals surface area (Å²) in [7, 11) is 0. The summed E-state index contributed by atoms with van der Waals surface area (Å²) in [6.45, 7) is 0. The molecule has 4 N–H and O–H groups in total. The highest BCUT2D eigenvalue weighted by atomic mass is 32.1. The van der Waals surface area contributed by atoms with E-state index in [-0.39, 0.29) is 16.6 Å². The standard InChI is InChI=1S/C15H14N4O2S/c20-13-7-3-1-5-11(13)9-16-18-15(22)19-17-10-12-6-2-4-8-14(12)21/h1-10,20-21H,(H2,18,19,22)/b16-9-,17-10-. The lowest BCUT2D eigenvalue weighted by Crippen LogP contribution is -2.28. The summed E-state index contributed by atoms with van der Waals surface area (Å²) in [5.74, 6) is 0.258. The van der Waals surface area contributed by atoms with Crippen molar-refractivity contribution in [2.24, 2.45) is 10.2 Å². The molecule has 112 valence electrons. The number of hydrazone groups is 2. The number of para-hydroxylation sites is 2. The molecule has 0 heterocycles. The first-order valence-electron chi connectivity index (χ1n) is 6.35. The number of nitrogens with one attached hydrogen (secondary N) is 2. The molecular weight excluding hydrogens is 300 g/mol. The number of hydrogen-bond acceptors (Lipinski definition) is 5. The second-order valence-electron chi connectivity index (χ2n) is 4.19. The van der Waals surface area contributed by atoms with Gasteiger partial charge in [0, 0.05) is 11.1 Å². The number of benzene rings is 2. The van der Waals surface area contributed by atoms with Crippen LogP contribution in [0.25, 0.3) is 0 Å². The smallest absolute Gasteiger partial charge is 0.207 e. The van der Waals surface area contributed by atoms with E-state index in [0.29, 0.717) is 11.1 Å². The summed E-state index contributed by atoms with van der Waals surface area (Å²) in [6.07, 6.45) is 2.88. The molecule has 2 aromatic carbocycles. The predicted molar refractivity (Wildman–Crippen MR) is 90.3 cm³/mol. The highest BCUT2D eigenvalue weighted by molar-refractivity contribution is 7.80. The van der Waals surface area contributed by atoms with Gasteiger partial charge in [-0.15, -0.1) is 0 Å². The SMILES string of the molecule is Oc1ccccc1/C=N\NC(=S)N/N=C\c1ccccc1O. The van der Waals surface area contributed by atoms with E-state index in [4.69, 9.17) is 12.2 Å². The van der Waals surface area contributed by atoms with Crippen LogP contribution in [0.2, 0.25) is 0 Å². The van der Waals surface area contributed by atoms with Crippen LogP contribution in [0.15, 0.2) is 58.7 Å². The highest BCUT2D eigenvalue weighted by Gasteiger charge is 1.96. The van der Waals surface area contributed by atoms with E-state index in [1.54, 1.807) is 48.5 Å². The van der Waals surface area contributed by atoms with E-state index >= 15 is 0 Å². The maximum atomic E-state index is 9.55. The van der Waals surface area contributed by atoms with Crippen LogP contribution in [-0.2, 0) is 0 Å². The number of nitrogens with zero attached hydrogens (tertiary/aromatic N) is 2. The van der Waals surface area contributed by atoms with Crippen molar-refractivity contribution >= 4 is 29.8 Å². The molecular formula is C15H14N4O2S. The molecule has 2 rings (SSSR count). The molecule has 0 spiro atoms. The number of rotatable bonds is 4. The molecule has 0 radical (unpaired) electrons. The molecule has 0 aliphatic carbocycles. The van der Waals surface area contributed by atoms with Crippen LogP contribution in [0.1, 0.15) is 11.1 Å². The Balaban J connectivity index is 1.84. The van der Waals surface area contributed by atoms with Gasteiger partial charge in [-0.1, -0.05) is 24.3 Å². The molecule has 0 saturated carbocycles. The molecule has 22 heavy (non-hydrogen) atoms. The van der Waals surface area contributed by atoms with E-state index in [1.807, 2.05) is 0 Å². The Morgan fingerprint density at radius 1 is 0.818 bits per heavy atom. The van der Waals surface area contributed by atoms with Crippen LogP contribution >= 0.6 is 12.2 Å². The van der Waals surface area contributed by atoms with Crippen LogP contribution in [0, 0.1) is 0 Å². The second kappa shape index (κ2) is 7.75. The van der Waals surface area contributed by atoms with Gasteiger partial charge < -0.3 is 10.2 Å². The van der Waals surface area contributed by atoms with E-state index in [9.17, 15) is 10.2 Å². The van der Waals surface area contributed by atoms with Crippen molar-refractivity contribution in [3.05, 3.63) is 59.7 Å². The molecule has 0 aromatic heterocycles. The predicted octanol–water partition coefficient (Wildman–Crippen LogP) is 1.93. The third-order valence-electron chi connectivity index (χ3n) is 2.61. The van der Waals surface area contributed by atoms with Crippen molar-refractivity contribution in [2.45, 2.75) is 0 Å². The average molecular weight is 314 g/mol. The third kappa shape index (κ3) is 4.57. The normalized spacial score (nSPS) is 10.9. The Labute approximate surface area is 132 Å². The van der Waals surface area contributed by atoms with E-state index in [0.717, 1.165) is 0 Å². The van der Waals surface area contributed by atoms with Crippen LogP contribution < -0.4 is 10.9 Å². The molecule has 0 atom stereocenters. The van der Waals surface area contributed by atoms with E-state index in [2.05, 4.69) is 21.1 Å². The van der Waals surface area contributed by atoms with Crippen LogP contribution in [0.4, 0.5) is 0 Å². The number of aromatic hydroxyl groups is 2. The van der Waals surface area contributed by atoms with Gasteiger partial charge >= 0.3 is 0 Å². The molecule has 2 aromatic rings. The molecule has 0 amide bonds. The molecule has 0 saturated heterocycles. The Morgan fingerprint density at radius 2 is 1.23 bits per heavy atom. The zero-order chi connectivity index (χ0) is 15.8. The van der Waals surface area contributed by atoms with Crippen LogP contribution in [0.3, 0.4) is 0 Å². The van der Waals surface area contributed by atoms with Crippen molar-refractivity contribution in [2.75, 3.05) is 0 Å². The average Bonchev–Trinajstić information content (AvgIpc) is 2.51. The largest absolute Gasteiger partial charge is 0.507 e. The lowest BCUT2D eigenvalue weighted by atomic mass is 10.2. The zero-order valence-corrected chi connectivity index (χ0v) is 12.3. The van der Waals surface area contributed by atoms with Gasteiger partial charge in [0.2, 0.25) is 5.11 Å². The number of thiocarbonyl (C=S) groups is 1. The second-order valence-corrected chi connectivity index (χ2v) is 4.60. The quantitative estimate of drug-likeness (QED) is 0.393. The van der Waals surface area contributed by atoms with E-state index in [1.165, 1.54) is 12.4 Å². The molecule has 6 nitrogen and oxygen atoms in total. The summed E-state index contributed by atoms with van der Waals surface area (Å²) in [5.41, 5.74) is 6.25. The minimum atomic E-state index is 0.129. The first-order valence-corrected chi connectivity index (χ1v) is 6.76. The van der Waals surface area contributed by atoms with Gasteiger partial charge in [0.15, 0.2) is 0 Å². The van der Waals surface area contributed by atoms with Crippen molar-refractivity contribution in [1.82, 2.24) is 10.9 Å². The maximum Gasteiger partial charge on any atom is 0.207 e. The summed E-state index contributed by atoms with van der Waals surface area (Å²) >= 11 is 4.98. The fourth-order valence-electron chi connectivity index (χ4n) is 1.54. The number of hydrogen-bond donors (Lipinski definition) is 4. The Morgan fingerprint density at radius 3 is 1.64 bits per heavy atom. The summed E-state index contributed by atoms with van der Waals surface area (Å²) in [6, 6.07) is 13.6. The lowest BCUT2D eigenvalue weighted by Gasteiger charge is -2.02. The maximum absolute atomic E-state index is 9.55. The lowest BCUT2D eigenvalue weighted by molar-refractivity contribution is 0.474. The van der Waals surface area contributed by atoms with Crippen molar-refractivity contribution in [1.29, 1.82) is 0 Å². The Kier molecular flexibility index (Phi) is 5.44. The van der Waals surface area contributed by atoms with Gasteiger partial charge in [0.1, 0.15) is 11.5 Å². The molecule has 7 heteroatoms. The van der Waals surface area contributed by atoms with Crippen LogP contribution in [-0.4, -0.2) is 27.8 Å². The first kappa shape index (κ1) is 15.5. The van der Waals surface area contributed by atoms with Crippen molar-refractivity contribution in [3.8, 4) is 11.5 Å². The summed E-state index contributed by atoms with van der Waals surface area (Å²) in [4.78, 5) is 0. The zero-order valence-electron chi connectivity index (χ0n) is 11.5. The minimum absolute atomic E-state index is 0.129. The Hall–Kier alpha value is -2.93. The molecule has 0 aliphatic rings. The van der Waals surface area contributed by atoms with Crippen molar-refractivity contribution in [3.63, 3.8) is 0 Å². The summed E-state index contributed by atoms with van der Waals surface area (Å²) in [5, 5.41) is 27.1. The van der Waals surface area contributed by atoms with Gasteiger partial charge in [-0.2, -0.15) is 10.2 Å². The Bertz CT molecular complexity index is 657. The molecule has 0 unspecified atom stereocenters. The fourth-order valence-corrected chi connectivity index (χ4v) is 1.64. The molecule has 0 aliphatic heterocycles. The third-order valence-corrected chi connectivity index (χ3v) is 2.80. The van der Waals surface area contributed by atoms with Gasteiger partial charge in [-0.3, -0.25) is 10.9 Å².